The Hall–Kier alpha value is -2.52. The number of nitrogens with one attached hydrogen (secondary N) is 1. The van der Waals surface area contributed by atoms with Crippen molar-refractivity contribution in [3.63, 3.8) is 0 Å². The highest BCUT2D eigenvalue weighted by atomic mass is 35.5. The fraction of sp³-hybridized carbons (Fsp3) is 0. The molecule has 3 aromatic rings. The number of rotatable bonds is 3. The topological polar surface area (TPSA) is 49.3 Å². The summed E-state index contributed by atoms with van der Waals surface area (Å²) in [5, 5.41) is 15.0. The van der Waals surface area contributed by atoms with Crippen LogP contribution in [0.15, 0.2) is 60.7 Å². The predicted octanol–water partition coefficient (Wildman–Crippen LogP) is 4.94. The number of hydrogen-bond acceptors (Lipinski definition) is 2. The van der Waals surface area contributed by atoms with Crippen LogP contribution in [0.4, 0.5) is 11.4 Å². The van der Waals surface area contributed by atoms with Crippen LogP contribution in [0.25, 0.3) is 10.8 Å². The van der Waals surface area contributed by atoms with Gasteiger partial charge >= 0.3 is 5.97 Å². The Morgan fingerprint density at radius 3 is 2.48 bits per heavy atom. The van der Waals surface area contributed by atoms with E-state index >= 15 is 0 Å². The maximum Gasteiger partial charge on any atom is 0.337 e. The molecule has 0 amide bonds. The highest BCUT2D eigenvalue weighted by Gasteiger charge is 2.11. The average Bonchev–Trinajstić information content (AvgIpc) is 2.49. The second-order valence-corrected chi connectivity index (χ2v) is 5.12. The molecule has 21 heavy (non-hydrogen) atoms. The van der Waals surface area contributed by atoms with Crippen molar-refractivity contribution in [2.45, 2.75) is 0 Å². The normalized spacial score (nSPS) is 10.5. The summed E-state index contributed by atoms with van der Waals surface area (Å²) in [5.74, 6) is -1.01. The van der Waals surface area contributed by atoms with Gasteiger partial charge in [-0.3, -0.25) is 0 Å². The van der Waals surface area contributed by atoms with Gasteiger partial charge in [0.1, 0.15) is 0 Å². The van der Waals surface area contributed by atoms with Crippen LogP contribution in [0.2, 0.25) is 5.02 Å². The minimum Gasteiger partial charge on any atom is -0.478 e. The Morgan fingerprint density at radius 2 is 1.71 bits per heavy atom. The molecule has 0 aliphatic heterocycles. The summed E-state index contributed by atoms with van der Waals surface area (Å²) in [7, 11) is 0. The van der Waals surface area contributed by atoms with Crippen molar-refractivity contribution in [2.75, 3.05) is 5.32 Å². The first-order valence-electron chi connectivity index (χ1n) is 6.42. The number of halogens is 1. The average molecular weight is 298 g/mol. The van der Waals surface area contributed by atoms with E-state index in [4.69, 9.17) is 11.6 Å². The van der Waals surface area contributed by atoms with E-state index in [-0.39, 0.29) is 5.56 Å². The molecule has 0 spiro atoms. The first-order valence-corrected chi connectivity index (χ1v) is 6.80. The van der Waals surface area contributed by atoms with Gasteiger partial charge in [-0.25, -0.2) is 4.79 Å². The monoisotopic (exact) mass is 297 g/mol. The van der Waals surface area contributed by atoms with Crippen LogP contribution >= 0.6 is 11.6 Å². The maximum atomic E-state index is 11.3. The Balaban J connectivity index is 2.00. The number of anilines is 2. The minimum atomic E-state index is -1.01. The zero-order valence-electron chi connectivity index (χ0n) is 11.0. The van der Waals surface area contributed by atoms with E-state index in [1.165, 1.54) is 6.07 Å². The van der Waals surface area contributed by atoms with Crippen LogP contribution in [0.3, 0.4) is 0 Å². The lowest BCUT2D eigenvalue weighted by atomic mass is 10.1. The fourth-order valence-corrected chi connectivity index (χ4v) is 2.40. The minimum absolute atomic E-state index is 0.149. The van der Waals surface area contributed by atoms with Crippen LogP contribution in [0, 0.1) is 0 Å². The molecule has 0 aliphatic carbocycles. The molecule has 0 saturated heterocycles. The van der Waals surface area contributed by atoms with E-state index in [2.05, 4.69) is 5.32 Å². The van der Waals surface area contributed by atoms with E-state index < -0.39 is 5.97 Å². The van der Waals surface area contributed by atoms with Crippen LogP contribution in [0.1, 0.15) is 10.4 Å². The summed E-state index contributed by atoms with van der Waals surface area (Å²) < 4.78 is 0. The fourth-order valence-electron chi connectivity index (χ4n) is 2.22. The molecule has 0 heterocycles. The predicted molar refractivity (Wildman–Crippen MR) is 85.6 cm³/mol. The number of carbonyl (C=O) groups is 1. The molecule has 0 atom stereocenters. The van der Waals surface area contributed by atoms with Gasteiger partial charge in [0.25, 0.3) is 0 Å². The molecule has 104 valence electrons. The second-order valence-electron chi connectivity index (χ2n) is 4.68. The van der Waals surface area contributed by atoms with Crippen molar-refractivity contribution in [3.8, 4) is 0 Å². The van der Waals surface area contributed by atoms with Crippen LogP contribution < -0.4 is 5.32 Å². The van der Waals surface area contributed by atoms with Crippen LogP contribution in [-0.2, 0) is 0 Å². The summed E-state index contributed by atoms with van der Waals surface area (Å²) in [4.78, 5) is 11.3. The van der Waals surface area contributed by atoms with Crippen LogP contribution in [0.5, 0.6) is 0 Å². The van der Waals surface area contributed by atoms with Crippen molar-refractivity contribution in [1.29, 1.82) is 0 Å². The highest BCUT2D eigenvalue weighted by Crippen LogP contribution is 2.26. The molecule has 0 saturated carbocycles. The standard InChI is InChI=1S/C17H12ClNO2/c18-13-6-8-16(15(10-13)17(20)21)19-14-7-5-11-3-1-2-4-12(11)9-14/h1-10,19H,(H,20,21). The lowest BCUT2D eigenvalue weighted by molar-refractivity contribution is 0.0698. The molecule has 4 heteroatoms. The van der Waals surface area contributed by atoms with Gasteiger partial charge < -0.3 is 10.4 Å². The lowest BCUT2D eigenvalue weighted by Crippen LogP contribution is -2.02. The van der Waals surface area contributed by atoms with Crippen molar-refractivity contribution >= 4 is 39.7 Å². The van der Waals surface area contributed by atoms with E-state index in [0.29, 0.717) is 10.7 Å². The van der Waals surface area contributed by atoms with Crippen molar-refractivity contribution in [1.82, 2.24) is 0 Å². The zero-order valence-corrected chi connectivity index (χ0v) is 11.8. The third-order valence-corrected chi connectivity index (χ3v) is 3.48. The Labute approximate surface area is 126 Å². The summed E-state index contributed by atoms with van der Waals surface area (Å²) in [6.07, 6.45) is 0. The third kappa shape index (κ3) is 2.83. The molecule has 3 aromatic carbocycles. The van der Waals surface area contributed by atoms with Crippen molar-refractivity contribution in [2.24, 2.45) is 0 Å². The zero-order chi connectivity index (χ0) is 14.8. The summed E-state index contributed by atoms with van der Waals surface area (Å²) in [6.45, 7) is 0. The number of aromatic carboxylic acids is 1. The molecule has 0 unspecified atom stereocenters. The van der Waals surface area contributed by atoms with Crippen molar-refractivity contribution < 1.29 is 9.90 Å². The molecular formula is C17H12ClNO2. The van der Waals surface area contributed by atoms with E-state index in [1.54, 1.807) is 12.1 Å². The van der Waals surface area contributed by atoms with Gasteiger partial charge in [0.15, 0.2) is 0 Å². The molecule has 0 radical (unpaired) electrons. The van der Waals surface area contributed by atoms with Gasteiger partial charge in [-0.1, -0.05) is 41.9 Å². The van der Waals surface area contributed by atoms with E-state index in [0.717, 1.165) is 16.5 Å². The Kier molecular flexibility index (Phi) is 3.50. The molecular weight excluding hydrogens is 286 g/mol. The molecule has 3 rings (SSSR count). The molecule has 0 fully saturated rings. The molecule has 0 aliphatic rings. The smallest absolute Gasteiger partial charge is 0.337 e. The second kappa shape index (κ2) is 5.46. The van der Waals surface area contributed by atoms with Crippen LogP contribution in [-0.4, -0.2) is 11.1 Å². The van der Waals surface area contributed by atoms with Gasteiger partial charge in [0, 0.05) is 10.7 Å². The third-order valence-electron chi connectivity index (χ3n) is 3.24. The highest BCUT2D eigenvalue weighted by molar-refractivity contribution is 6.31. The summed E-state index contributed by atoms with van der Waals surface area (Å²) >= 11 is 5.85. The molecule has 3 nitrogen and oxygen atoms in total. The number of hydrogen-bond donors (Lipinski definition) is 2. The molecule has 0 aromatic heterocycles. The summed E-state index contributed by atoms with van der Waals surface area (Å²) in [6, 6.07) is 18.7. The first kappa shape index (κ1) is 13.5. The van der Waals surface area contributed by atoms with E-state index in [9.17, 15) is 9.90 Å². The number of fused-ring (bicyclic) bond motifs is 1. The largest absolute Gasteiger partial charge is 0.478 e. The van der Waals surface area contributed by atoms with Gasteiger partial charge in [-0.15, -0.1) is 0 Å². The van der Waals surface area contributed by atoms with Gasteiger partial charge in [-0.05, 0) is 41.1 Å². The van der Waals surface area contributed by atoms with Gasteiger partial charge in [-0.2, -0.15) is 0 Å². The Bertz CT molecular complexity index is 830. The quantitative estimate of drug-likeness (QED) is 0.720. The number of carboxylic acid groups (broad SMARTS) is 1. The molecule has 2 N–H and O–H groups in total. The first-order chi connectivity index (χ1) is 10.1. The number of benzene rings is 3. The van der Waals surface area contributed by atoms with Gasteiger partial charge in [0.2, 0.25) is 0 Å². The molecule has 0 bridgehead atoms. The SMILES string of the molecule is O=C(O)c1cc(Cl)ccc1Nc1ccc2ccccc2c1. The van der Waals surface area contributed by atoms with Crippen molar-refractivity contribution in [3.05, 3.63) is 71.2 Å². The van der Waals surface area contributed by atoms with E-state index in [1.807, 2.05) is 42.5 Å². The lowest BCUT2D eigenvalue weighted by Gasteiger charge is -2.11. The number of carboxylic acids is 1. The Morgan fingerprint density at radius 1 is 0.952 bits per heavy atom. The maximum absolute atomic E-state index is 11.3. The summed E-state index contributed by atoms with van der Waals surface area (Å²) in [5.41, 5.74) is 1.50. The van der Waals surface area contributed by atoms with Gasteiger partial charge in [0.05, 0.1) is 11.3 Å².